The van der Waals surface area contributed by atoms with Crippen LogP contribution in [0.25, 0.3) is 0 Å². The van der Waals surface area contributed by atoms with Gasteiger partial charge in [-0.1, -0.05) is 17.7 Å². The summed E-state index contributed by atoms with van der Waals surface area (Å²) in [4.78, 5) is 11.7. The normalized spacial score (nSPS) is 15.0. The van der Waals surface area contributed by atoms with Crippen molar-refractivity contribution in [2.24, 2.45) is 5.92 Å². The van der Waals surface area contributed by atoms with Crippen LogP contribution in [0.3, 0.4) is 0 Å². The summed E-state index contributed by atoms with van der Waals surface area (Å²) in [5, 5.41) is 3.19. The average Bonchev–Trinajstić information content (AvgIpc) is 3.02. The van der Waals surface area contributed by atoms with E-state index >= 15 is 0 Å². The van der Waals surface area contributed by atoms with Crippen LogP contribution in [0, 0.1) is 5.92 Å². The number of amides is 1. The second-order valence-corrected chi connectivity index (χ2v) is 4.24. The van der Waals surface area contributed by atoms with Gasteiger partial charge in [0, 0.05) is 6.54 Å². The molecule has 0 saturated heterocycles. The summed E-state index contributed by atoms with van der Waals surface area (Å²) in [6, 6.07) is 5.09. The molecule has 4 heteroatoms. The van der Waals surface area contributed by atoms with Crippen LogP contribution in [0.1, 0.15) is 23.2 Å². The molecule has 1 saturated carbocycles. The Kier molecular flexibility index (Phi) is 2.82. The van der Waals surface area contributed by atoms with E-state index in [-0.39, 0.29) is 5.91 Å². The molecule has 0 radical (unpaired) electrons. The summed E-state index contributed by atoms with van der Waals surface area (Å²) in [7, 11) is 0. The van der Waals surface area contributed by atoms with Crippen molar-refractivity contribution in [2.45, 2.75) is 12.8 Å². The van der Waals surface area contributed by atoms with Gasteiger partial charge in [0.05, 0.1) is 16.3 Å². The third-order valence-electron chi connectivity index (χ3n) is 2.52. The summed E-state index contributed by atoms with van der Waals surface area (Å²) in [6.07, 6.45) is 2.43. The molecule has 0 unspecified atom stereocenters. The minimum absolute atomic E-state index is 0.140. The Morgan fingerprint density at radius 2 is 2.27 bits per heavy atom. The number of carbonyl (C=O) groups excluding carboxylic acids is 1. The number of nitrogen functional groups attached to an aromatic ring is 1. The zero-order valence-electron chi connectivity index (χ0n) is 8.29. The minimum atomic E-state index is -0.140. The maximum atomic E-state index is 11.7. The molecule has 1 aromatic rings. The number of nitrogens with two attached hydrogens (primary N) is 1. The number of hydrogen-bond acceptors (Lipinski definition) is 2. The predicted octanol–water partition coefficient (Wildman–Crippen LogP) is 2.06. The van der Waals surface area contributed by atoms with Crippen LogP contribution in [-0.2, 0) is 0 Å². The van der Waals surface area contributed by atoms with Gasteiger partial charge in [-0.2, -0.15) is 0 Å². The first-order valence-corrected chi connectivity index (χ1v) is 5.38. The molecule has 1 fully saturated rings. The van der Waals surface area contributed by atoms with Crippen molar-refractivity contribution in [1.82, 2.24) is 5.32 Å². The molecule has 1 aliphatic carbocycles. The number of benzene rings is 1. The van der Waals surface area contributed by atoms with Gasteiger partial charge in [0.2, 0.25) is 0 Å². The highest BCUT2D eigenvalue weighted by atomic mass is 35.5. The maximum absolute atomic E-state index is 11.7. The summed E-state index contributed by atoms with van der Waals surface area (Å²) < 4.78 is 0. The molecule has 15 heavy (non-hydrogen) atoms. The molecule has 1 aromatic carbocycles. The van der Waals surface area contributed by atoms with Crippen molar-refractivity contribution >= 4 is 23.2 Å². The second kappa shape index (κ2) is 4.11. The lowest BCUT2D eigenvalue weighted by Crippen LogP contribution is -2.25. The molecule has 80 valence electrons. The van der Waals surface area contributed by atoms with Gasteiger partial charge < -0.3 is 11.1 Å². The van der Waals surface area contributed by atoms with Crippen LogP contribution in [0.5, 0.6) is 0 Å². The van der Waals surface area contributed by atoms with Crippen molar-refractivity contribution in [1.29, 1.82) is 0 Å². The van der Waals surface area contributed by atoms with Crippen LogP contribution in [-0.4, -0.2) is 12.5 Å². The molecule has 3 N–H and O–H groups in total. The fraction of sp³-hybridized carbons (Fsp3) is 0.364. The summed E-state index contributed by atoms with van der Waals surface area (Å²) in [6.45, 7) is 0.740. The number of carbonyl (C=O) groups is 1. The van der Waals surface area contributed by atoms with Gasteiger partial charge in [0.1, 0.15) is 0 Å². The Morgan fingerprint density at radius 3 is 2.93 bits per heavy atom. The molecule has 1 amide bonds. The van der Waals surface area contributed by atoms with E-state index in [0.29, 0.717) is 22.2 Å². The van der Waals surface area contributed by atoms with E-state index in [2.05, 4.69) is 5.32 Å². The van der Waals surface area contributed by atoms with E-state index < -0.39 is 0 Å². The number of anilines is 1. The van der Waals surface area contributed by atoms with Crippen LogP contribution < -0.4 is 11.1 Å². The van der Waals surface area contributed by atoms with E-state index in [1.54, 1.807) is 18.2 Å². The fourth-order valence-corrected chi connectivity index (χ4v) is 1.59. The first-order valence-electron chi connectivity index (χ1n) is 5.00. The lowest BCUT2D eigenvalue weighted by Gasteiger charge is -2.07. The molecule has 0 atom stereocenters. The Morgan fingerprint density at radius 1 is 1.53 bits per heavy atom. The highest BCUT2D eigenvalue weighted by Crippen LogP contribution is 2.28. The third-order valence-corrected chi connectivity index (χ3v) is 2.94. The van der Waals surface area contributed by atoms with Gasteiger partial charge >= 0.3 is 0 Å². The van der Waals surface area contributed by atoms with Crippen molar-refractivity contribution in [3.05, 3.63) is 28.8 Å². The van der Waals surface area contributed by atoms with E-state index in [1.165, 1.54) is 12.8 Å². The minimum Gasteiger partial charge on any atom is -0.398 e. The smallest absolute Gasteiger partial charge is 0.252 e. The molecule has 2 rings (SSSR count). The topological polar surface area (TPSA) is 55.1 Å². The molecule has 1 aliphatic rings. The predicted molar refractivity (Wildman–Crippen MR) is 60.9 cm³/mol. The number of rotatable bonds is 3. The maximum Gasteiger partial charge on any atom is 0.252 e. The lowest BCUT2D eigenvalue weighted by atomic mass is 10.2. The van der Waals surface area contributed by atoms with Crippen molar-refractivity contribution in [3.63, 3.8) is 0 Å². The van der Waals surface area contributed by atoms with Gasteiger partial charge in [-0.05, 0) is 30.9 Å². The quantitative estimate of drug-likeness (QED) is 0.773. The van der Waals surface area contributed by atoms with Gasteiger partial charge in [0.15, 0.2) is 0 Å². The average molecular weight is 225 g/mol. The van der Waals surface area contributed by atoms with E-state index in [9.17, 15) is 4.79 Å². The summed E-state index contributed by atoms with van der Waals surface area (Å²) >= 11 is 5.93. The molecule has 0 aromatic heterocycles. The van der Waals surface area contributed by atoms with E-state index in [4.69, 9.17) is 17.3 Å². The zero-order chi connectivity index (χ0) is 10.8. The SMILES string of the molecule is Nc1cccc(C(=O)NCC2CC2)c1Cl. The first-order chi connectivity index (χ1) is 7.18. The van der Waals surface area contributed by atoms with Crippen molar-refractivity contribution in [3.8, 4) is 0 Å². The molecular weight excluding hydrogens is 212 g/mol. The van der Waals surface area contributed by atoms with Gasteiger partial charge in [-0.15, -0.1) is 0 Å². The lowest BCUT2D eigenvalue weighted by molar-refractivity contribution is 0.0952. The monoisotopic (exact) mass is 224 g/mol. The molecule has 0 aliphatic heterocycles. The second-order valence-electron chi connectivity index (χ2n) is 3.86. The summed E-state index contributed by atoms with van der Waals surface area (Å²) in [5.74, 6) is 0.521. The van der Waals surface area contributed by atoms with E-state index in [0.717, 1.165) is 6.54 Å². The van der Waals surface area contributed by atoms with Gasteiger partial charge in [-0.25, -0.2) is 0 Å². The molecule has 3 nitrogen and oxygen atoms in total. The Labute approximate surface area is 93.6 Å². The largest absolute Gasteiger partial charge is 0.398 e. The van der Waals surface area contributed by atoms with Crippen LogP contribution in [0.2, 0.25) is 5.02 Å². The Bertz CT molecular complexity index is 388. The molecule has 0 heterocycles. The molecule has 0 spiro atoms. The Hall–Kier alpha value is -1.22. The summed E-state index contributed by atoms with van der Waals surface area (Å²) in [5.41, 5.74) is 6.51. The van der Waals surface area contributed by atoms with Crippen molar-refractivity contribution in [2.75, 3.05) is 12.3 Å². The highest BCUT2D eigenvalue weighted by molar-refractivity contribution is 6.36. The van der Waals surface area contributed by atoms with Gasteiger partial charge in [-0.3, -0.25) is 4.79 Å². The van der Waals surface area contributed by atoms with Gasteiger partial charge in [0.25, 0.3) is 5.91 Å². The first kappa shape index (κ1) is 10.3. The zero-order valence-corrected chi connectivity index (χ0v) is 9.05. The standard InChI is InChI=1S/C11H13ClN2O/c12-10-8(2-1-3-9(10)13)11(15)14-6-7-4-5-7/h1-3,7H,4-6,13H2,(H,14,15). The number of hydrogen-bond donors (Lipinski definition) is 2. The fourth-order valence-electron chi connectivity index (χ4n) is 1.38. The molecule has 0 bridgehead atoms. The van der Waals surface area contributed by atoms with Crippen LogP contribution in [0.4, 0.5) is 5.69 Å². The molecular formula is C11H13ClN2O. The number of halogens is 1. The number of nitrogens with one attached hydrogen (secondary N) is 1. The highest BCUT2D eigenvalue weighted by Gasteiger charge is 2.22. The third kappa shape index (κ3) is 2.42. The van der Waals surface area contributed by atoms with Crippen molar-refractivity contribution < 1.29 is 4.79 Å². The van der Waals surface area contributed by atoms with Crippen LogP contribution in [0.15, 0.2) is 18.2 Å². The Balaban J connectivity index is 2.06. The van der Waals surface area contributed by atoms with Crippen LogP contribution >= 0.6 is 11.6 Å². The van der Waals surface area contributed by atoms with E-state index in [1.807, 2.05) is 0 Å².